The lowest BCUT2D eigenvalue weighted by Crippen LogP contribution is -2.33. The van der Waals surface area contributed by atoms with Gasteiger partial charge in [-0.3, -0.25) is 14.9 Å². The van der Waals surface area contributed by atoms with Gasteiger partial charge in [0.15, 0.2) is 17.3 Å². The minimum Gasteiger partial charge on any atom is -0.488 e. The van der Waals surface area contributed by atoms with Crippen LogP contribution in [0.4, 0.5) is 10.1 Å². The van der Waals surface area contributed by atoms with Crippen molar-refractivity contribution in [1.82, 2.24) is 20.3 Å². The summed E-state index contributed by atoms with van der Waals surface area (Å²) in [6.07, 6.45) is 0. The number of non-ortho nitro benzene ring substituents is 1. The van der Waals surface area contributed by atoms with Crippen molar-refractivity contribution in [2.75, 3.05) is 6.61 Å². The highest BCUT2D eigenvalue weighted by Crippen LogP contribution is 2.21. The summed E-state index contributed by atoms with van der Waals surface area (Å²) in [7, 11) is 0. The summed E-state index contributed by atoms with van der Waals surface area (Å²) < 4.78 is 21.0. The Kier molecular flexibility index (Phi) is 6.58. The Hall–Kier alpha value is -4.60. The predicted octanol–water partition coefficient (Wildman–Crippen LogP) is 4.17. The summed E-state index contributed by atoms with van der Waals surface area (Å²) in [4.78, 5) is 23.7. The maximum Gasteiger partial charge on any atom is 0.274 e. The SMILES string of the molecule is Cc1c(C(=O)NC(COc2ccccc2F)c2ccccc2)nnn1-c1cccc([N+](=O)[O-])c1. The third kappa shape index (κ3) is 4.90. The zero-order valence-corrected chi connectivity index (χ0v) is 18.1. The van der Waals surface area contributed by atoms with Crippen LogP contribution in [0, 0.1) is 22.9 Å². The number of rotatable bonds is 8. The van der Waals surface area contributed by atoms with Gasteiger partial charge in [-0.1, -0.05) is 53.7 Å². The molecular weight excluding hydrogens is 441 g/mol. The van der Waals surface area contributed by atoms with Gasteiger partial charge >= 0.3 is 0 Å². The molecule has 1 amide bonds. The van der Waals surface area contributed by atoms with E-state index in [1.807, 2.05) is 30.3 Å². The highest BCUT2D eigenvalue weighted by atomic mass is 19.1. The van der Waals surface area contributed by atoms with Gasteiger partial charge in [-0.2, -0.15) is 0 Å². The van der Waals surface area contributed by atoms with E-state index >= 15 is 0 Å². The Morgan fingerprint density at radius 2 is 1.85 bits per heavy atom. The van der Waals surface area contributed by atoms with Crippen molar-refractivity contribution in [2.24, 2.45) is 0 Å². The van der Waals surface area contributed by atoms with Gasteiger partial charge in [0.25, 0.3) is 11.6 Å². The van der Waals surface area contributed by atoms with E-state index in [9.17, 15) is 19.3 Å². The van der Waals surface area contributed by atoms with E-state index in [-0.39, 0.29) is 23.7 Å². The molecule has 1 unspecified atom stereocenters. The third-order valence-electron chi connectivity index (χ3n) is 5.14. The molecule has 9 nitrogen and oxygen atoms in total. The van der Waals surface area contributed by atoms with E-state index in [1.165, 1.54) is 35.0 Å². The molecule has 1 atom stereocenters. The standard InChI is InChI=1S/C24H20FN5O4/c1-16-23(27-28-29(16)18-10-7-11-19(14-18)30(32)33)24(31)26-21(17-8-3-2-4-9-17)15-34-22-13-6-5-12-20(22)25/h2-14,21H,15H2,1H3,(H,26,31). The van der Waals surface area contributed by atoms with E-state index in [2.05, 4.69) is 15.6 Å². The van der Waals surface area contributed by atoms with Crippen LogP contribution in [-0.2, 0) is 0 Å². The number of carbonyl (C=O) groups excluding carboxylic acids is 1. The van der Waals surface area contributed by atoms with Gasteiger partial charge < -0.3 is 10.1 Å². The van der Waals surface area contributed by atoms with E-state index in [0.29, 0.717) is 11.4 Å². The Balaban J connectivity index is 1.56. The molecule has 3 aromatic carbocycles. The van der Waals surface area contributed by atoms with Crippen LogP contribution in [0.2, 0.25) is 0 Å². The van der Waals surface area contributed by atoms with Gasteiger partial charge in [0.05, 0.1) is 22.3 Å². The average Bonchev–Trinajstić information content (AvgIpc) is 3.24. The van der Waals surface area contributed by atoms with Crippen molar-refractivity contribution in [2.45, 2.75) is 13.0 Å². The molecule has 1 heterocycles. The molecule has 0 radical (unpaired) electrons. The van der Waals surface area contributed by atoms with Crippen LogP contribution in [0.1, 0.15) is 27.8 Å². The number of nitrogens with zero attached hydrogens (tertiary/aromatic N) is 4. The van der Waals surface area contributed by atoms with E-state index in [4.69, 9.17) is 4.74 Å². The molecule has 172 valence electrons. The fourth-order valence-electron chi connectivity index (χ4n) is 3.39. The number of benzene rings is 3. The Labute approximate surface area is 194 Å². The molecule has 0 aliphatic carbocycles. The van der Waals surface area contributed by atoms with Gasteiger partial charge in [-0.25, -0.2) is 9.07 Å². The summed E-state index contributed by atoms with van der Waals surface area (Å²) >= 11 is 0. The lowest BCUT2D eigenvalue weighted by atomic mass is 10.1. The van der Waals surface area contributed by atoms with Gasteiger partial charge in [0.2, 0.25) is 0 Å². The van der Waals surface area contributed by atoms with Crippen LogP contribution in [0.15, 0.2) is 78.9 Å². The highest BCUT2D eigenvalue weighted by Gasteiger charge is 2.23. The zero-order chi connectivity index (χ0) is 24.1. The van der Waals surface area contributed by atoms with Crippen LogP contribution in [0.25, 0.3) is 5.69 Å². The summed E-state index contributed by atoms with van der Waals surface area (Å²) in [5, 5.41) is 21.9. The molecule has 0 spiro atoms. The molecule has 10 heteroatoms. The molecule has 0 bridgehead atoms. The van der Waals surface area contributed by atoms with Crippen molar-refractivity contribution in [1.29, 1.82) is 0 Å². The first kappa shape index (κ1) is 22.6. The number of nitro benzene ring substituents is 1. The quantitative estimate of drug-likeness (QED) is 0.311. The molecule has 0 fully saturated rings. The van der Waals surface area contributed by atoms with Crippen molar-refractivity contribution < 1.29 is 18.8 Å². The largest absolute Gasteiger partial charge is 0.488 e. The first-order chi connectivity index (χ1) is 16.4. The average molecular weight is 461 g/mol. The molecule has 0 aliphatic rings. The smallest absolute Gasteiger partial charge is 0.274 e. The van der Waals surface area contributed by atoms with Crippen LogP contribution in [0.5, 0.6) is 5.75 Å². The molecule has 4 rings (SSSR count). The number of aromatic nitrogens is 3. The second-order valence-corrected chi connectivity index (χ2v) is 7.39. The van der Waals surface area contributed by atoms with E-state index in [1.54, 1.807) is 25.1 Å². The lowest BCUT2D eigenvalue weighted by molar-refractivity contribution is -0.384. The van der Waals surface area contributed by atoms with Crippen LogP contribution < -0.4 is 10.1 Å². The molecule has 1 N–H and O–H groups in total. The number of nitro groups is 1. The van der Waals surface area contributed by atoms with Gasteiger partial charge in [0, 0.05) is 12.1 Å². The second kappa shape index (κ2) is 9.90. The molecule has 4 aromatic rings. The third-order valence-corrected chi connectivity index (χ3v) is 5.14. The fourth-order valence-corrected chi connectivity index (χ4v) is 3.39. The zero-order valence-electron chi connectivity index (χ0n) is 18.1. The minimum atomic E-state index is -0.601. The number of amides is 1. The molecular formula is C24H20FN5O4. The normalized spacial score (nSPS) is 11.6. The summed E-state index contributed by atoms with van der Waals surface area (Å²) in [5.41, 5.74) is 1.52. The summed E-state index contributed by atoms with van der Waals surface area (Å²) in [6.45, 7) is 1.62. The number of halogens is 1. The fraction of sp³-hybridized carbons (Fsp3) is 0.125. The maximum absolute atomic E-state index is 14.0. The number of para-hydroxylation sites is 1. The number of nitrogens with one attached hydrogen (secondary N) is 1. The topological polar surface area (TPSA) is 112 Å². The van der Waals surface area contributed by atoms with Crippen LogP contribution in [-0.4, -0.2) is 32.4 Å². The van der Waals surface area contributed by atoms with Gasteiger partial charge in [-0.05, 0) is 30.7 Å². The van der Waals surface area contributed by atoms with Crippen molar-refractivity contribution in [3.05, 3.63) is 112 Å². The van der Waals surface area contributed by atoms with Gasteiger partial charge in [0.1, 0.15) is 6.61 Å². The maximum atomic E-state index is 14.0. The molecule has 0 saturated carbocycles. The van der Waals surface area contributed by atoms with E-state index in [0.717, 1.165) is 5.56 Å². The molecule has 1 aromatic heterocycles. The Morgan fingerprint density at radius 3 is 2.59 bits per heavy atom. The first-order valence-electron chi connectivity index (χ1n) is 10.3. The molecule has 0 aliphatic heterocycles. The number of hydrogen-bond donors (Lipinski definition) is 1. The van der Waals surface area contributed by atoms with Crippen molar-refractivity contribution in [3.8, 4) is 11.4 Å². The van der Waals surface area contributed by atoms with Crippen molar-refractivity contribution >= 4 is 11.6 Å². The Morgan fingerprint density at radius 1 is 1.12 bits per heavy atom. The summed E-state index contributed by atoms with van der Waals surface area (Å²) in [5.74, 6) is -0.943. The van der Waals surface area contributed by atoms with E-state index < -0.39 is 22.7 Å². The Bertz CT molecular complexity index is 1330. The first-order valence-corrected chi connectivity index (χ1v) is 10.3. The van der Waals surface area contributed by atoms with Crippen LogP contribution in [0.3, 0.4) is 0 Å². The minimum absolute atomic E-state index is 0.0191. The van der Waals surface area contributed by atoms with Crippen LogP contribution >= 0.6 is 0 Å². The highest BCUT2D eigenvalue weighted by molar-refractivity contribution is 5.93. The predicted molar refractivity (Wildman–Crippen MR) is 121 cm³/mol. The van der Waals surface area contributed by atoms with Crippen molar-refractivity contribution in [3.63, 3.8) is 0 Å². The molecule has 34 heavy (non-hydrogen) atoms. The molecule has 0 saturated heterocycles. The monoisotopic (exact) mass is 461 g/mol. The lowest BCUT2D eigenvalue weighted by Gasteiger charge is -2.19. The number of hydrogen-bond acceptors (Lipinski definition) is 6. The second-order valence-electron chi connectivity index (χ2n) is 7.39. The summed E-state index contributed by atoms with van der Waals surface area (Å²) in [6, 6.07) is 20.4. The van der Waals surface area contributed by atoms with Gasteiger partial charge in [-0.15, -0.1) is 5.10 Å². The number of carbonyl (C=O) groups is 1. The number of ether oxygens (including phenoxy) is 1.